The first-order chi connectivity index (χ1) is 9.15. The van der Waals surface area contributed by atoms with Crippen LogP contribution in [0.3, 0.4) is 0 Å². The number of nitrogens with zero attached hydrogens (tertiary/aromatic N) is 1. The summed E-state index contributed by atoms with van der Waals surface area (Å²) in [6.45, 7) is 0. The van der Waals surface area contributed by atoms with Crippen LogP contribution in [0.15, 0.2) is 48.7 Å². The fraction of sp³-hybridized carbons (Fsp3) is 0.143. The summed E-state index contributed by atoms with van der Waals surface area (Å²) in [4.78, 5) is 16.1. The number of rotatable bonds is 4. The average molecular weight is 274 g/mol. The van der Waals surface area contributed by atoms with Crippen molar-refractivity contribution in [3.05, 3.63) is 59.8 Å². The standard InChI is InChI=1S/C14H14N2O2S/c1-19(18)10-11-5-4-6-12(9-11)14(17)16-13-7-2-3-8-15-13/h2-9H,10H2,1H3,(H,15,16,17). The van der Waals surface area contributed by atoms with Gasteiger partial charge in [0.1, 0.15) is 5.82 Å². The van der Waals surface area contributed by atoms with Gasteiger partial charge in [-0.1, -0.05) is 18.2 Å². The van der Waals surface area contributed by atoms with Crippen molar-refractivity contribution in [1.29, 1.82) is 0 Å². The van der Waals surface area contributed by atoms with Gasteiger partial charge in [0.2, 0.25) is 0 Å². The van der Waals surface area contributed by atoms with Crippen LogP contribution < -0.4 is 5.32 Å². The Hall–Kier alpha value is -2.01. The fourth-order valence-corrected chi connectivity index (χ4v) is 2.31. The fourth-order valence-electron chi connectivity index (χ4n) is 1.66. The maximum Gasteiger partial charge on any atom is 0.256 e. The third kappa shape index (κ3) is 3.99. The third-order valence-corrected chi connectivity index (χ3v) is 3.21. The smallest absolute Gasteiger partial charge is 0.256 e. The van der Waals surface area contributed by atoms with Crippen LogP contribution in [-0.2, 0) is 16.6 Å². The highest BCUT2D eigenvalue weighted by Gasteiger charge is 2.07. The summed E-state index contributed by atoms with van der Waals surface area (Å²) >= 11 is 0. The van der Waals surface area contributed by atoms with E-state index in [0.717, 1.165) is 5.56 Å². The normalized spacial score (nSPS) is 11.8. The number of carbonyl (C=O) groups is 1. The van der Waals surface area contributed by atoms with E-state index in [1.165, 1.54) is 0 Å². The number of nitrogens with one attached hydrogen (secondary N) is 1. The van der Waals surface area contributed by atoms with Gasteiger partial charge < -0.3 is 5.32 Å². The van der Waals surface area contributed by atoms with Gasteiger partial charge in [0.25, 0.3) is 5.91 Å². The summed E-state index contributed by atoms with van der Waals surface area (Å²) in [5.74, 6) is 0.740. The molecule has 2 aromatic rings. The minimum absolute atomic E-state index is 0.220. The molecule has 0 saturated heterocycles. The molecule has 1 aromatic carbocycles. The summed E-state index contributed by atoms with van der Waals surface area (Å²) in [5, 5.41) is 2.71. The van der Waals surface area contributed by atoms with Crippen molar-refractivity contribution in [2.24, 2.45) is 0 Å². The summed E-state index contributed by atoms with van der Waals surface area (Å²) in [7, 11) is -0.920. The van der Waals surface area contributed by atoms with Gasteiger partial charge in [-0.3, -0.25) is 9.00 Å². The molecule has 19 heavy (non-hydrogen) atoms. The Morgan fingerprint density at radius 2 is 2.11 bits per heavy atom. The van der Waals surface area contributed by atoms with Gasteiger partial charge in [-0.15, -0.1) is 0 Å². The molecule has 1 aromatic heterocycles. The van der Waals surface area contributed by atoms with Crippen LogP contribution in [0.1, 0.15) is 15.9 Å². The van der Waals surface area contributed by atoms with Crippen LogP contribution in [0, 0.1) is 0 Å². The largest absolute Gasteiger partial charge is 0.307 e. The van der Waals surface area contributed by atoms with Crippen molar-refractivity contribution in [2.75, 3.05) is 11.6 Å². The van der Waals surface area contributed by atoms with Gasteiger partial charge >= 0.3 is 0 Å². The second-order valence-corrected chi connectivity index (χ2v) is 5.52. The molecule has 0 bridgehead atoms. The average Bonchev–Trinajstić information content (AvgIpc) is 2.39. The van der Waals surface area contributed by atoms with E-state index in [4.69, 9.17) is 0 Å². The molecule has 2 rings (SSSR count). The zero-order valence-electron chi connectivity index (χ0n) is 10.5. The first-order valence-electron chi connectivity index (χ1n) is 5.76. The number of amides is 1. The SMILES string of the molecule is CS(=O)Cc1cccc(C(=O)Nc2ccccn2)c1. The lowest BCUT2D eigenvalue weighted by molar-refractivity contribution is 0.102. The first-order valence-corrected chi connectivity index (χ1v) is 7.49. The van der Waals surface area contributed by atoms with Crippen LogP contribution >= 0.6 is 0 Å². The molecule has 5 heteroatoms. The van der Waals surface area contributed by atoms with E-state index in [1.54, 1.807) is 48.9 Å². The van der Waals surface area contributed by atoms with E-state index in [2.05, 4.69) is 10.3 Å². The Kier molecular flexibility index (Phi) is 4.41. The molecule has 1 amide bonds. The van der Waals surface area contributed by atoms with Gasteiger partial charge in [0.05, 0.1) is 0 Å². The lowest BCUT2D eigenvalue weighted by atomic mass is 10.1. The molecule has 0 aliphatic carbocycles. The predicted octanol–water partition coefficient (Wildman–Crippen LogP) is 2.21. The number of aromatic nitrogens is 1. The second-order valence-electron chi connectivity index (χ2n) is 4.09. The molecule has 0 spiro atoms. The molecule has 0 aliphatic rings. The molecule has 1 heterocycles. The molecule has 0 fully saturated rings. The summed E-state index contributed by atoms with van der Waals surface area (Å²) in [6, 6.07) is 12.4. The van der Waals surface area contributed by atoms with Gasteiger partial charge in [0.15, 0.2) is 0 Å². The van der Waals surface area contributed by atoms with Gasteiger partial charge in [-0.2, -0.15) is 0 Å². The zero-order valence-corrected chi connectivity index (χ0v) is 11.3. The Morgan fingerprint density at radius 3 is 2.79 bits per heavy atom. The number of pyridine rings is 1. The van der Waals surface area contributed by atoms with E-state index < -0.39 is 10.8 Å². The van der Waals surface area contributed by atoms with Crippen molar-refractivity contribution in [2.45, 2.75) is 5.75 Å². The monoisotopic (exact) mass is 274 g/mol. The molecule has 0 radical (unpaired) electrons. The Bertz CT molecular complexity index is 599. The van der Waals surface area contributed by atoms with Crippen molar-refractivity contribution < 1.29 is 9.00 Å². The van der Waals surface area contributed by atoms with E-state index in [9.17, 15) is 9.00 Å². The van der Waals surface area contributed by atoms with Crippen LogP contribution in [0.2, 0.25) is 0 Å². The van der Waals surface area contributed by atoms with Crippen LogP contribution in [0.4, 0.5) is 5.82 Å². The van der Waals surface area contributed by atoms with Crippen molar-refractivity contribution in [3.8, 4) is 0 Å². The third-order valence-electron chi connectivity index (χ3n) is 2.47. The van der Waals surface area contributed by atoms with Crippen LogP contribution in [0.25, 0.3) is 0 Å². The molecule has 1 N–H and O–H groups in total. The highest BCUT2D eigenvalue weighted by molar-refractivity contribution is 7.83. The van der Waals surface area contributed by atoms with Crippen molar-refractivity contribution in [3.63, 3.8) is 0 Å². The molecule has 0 saturated carbocycles. The number of carbonyl (C=O) groups excluding carboxylic acids is 1. The second kappa shape index (κ2) is 6.24. The maximum atomic E-state index is 12.0. The Labute approximate surface area is 114 Å². The maximum absolute atomic E-state index is 12.0. The lowest BCUT2D eigenvalue weighted by Gasteiger charge is -2.05. The highest BCUT2D eigenvalue weighted by atomic mass is 32.2. The molecular weight excluding hydrogens is 260 g/mol. The minimum atomic E-state index is -0.920. The van der Waals surface area contributed by atoms with Gasteiger partial charge in [-0.25, -0.2) is 4.98 Å². The predicted molar refractivity (Wildman–Crippen MR) is 76.4 cm³/mol. The highest BCUT2D eigenvalue weighted by Crippen LogP contribution is 2.10. The summed E-state index contributed by atoms with van der Waals surface area (Å²) in [6.07, 6.45) is 3.26. The zero-order chi connectivity index (χ0) is 13.7. The molecular formula is C14H14N2O2S. The quantitative estimate of drug-likeness (QED) is 0.930. The molecule has 98 valence electrons. The van der Waals surface area contributed by atoms with Gasteiger partial charge in [0, 0.05) is 34.6 Å². The van der Waals surface area contributed by atoms with Crippen LogP contribution in [0.5, 0.6) is 0 Å². The molecule has 1 unspecified atom stereocenters. The van der Waals surface area contributed by atoms with E-state index >= 15 is 0 Å². The Balaban J connectivity index is 2.13. The lowest BCUT2D eigenvalue weighted by Crippen LogP contribution is -2.13. The molecule has 0 aliphatic heterocycles. The van der Waals surface area contributed by atoms with E-state index in [1.807, 2.05) is 6.07 Å². The van der Waals surface area contributed by atoms with E-state index in [-0.39, 0.29) is 5.91 Å². The summed E-state index contributed by atoms with van der Waals surface area (Å²) < 4.78 is 11.2. The minimum Gasteiger partial charge on any atom is -0.307 e. The number of anilines is 1. The molecule has 1 atom stereocenters. The number of hydrogen-bond donors (Lipinski definition) is 1. The number of hydrogen-bond acceptors (Lipinski definition) is 3. The van der Waals surface area contributed by atoms with Crippen molar-refractivity contribution in [1.82, 2.24) is 4.98 Å². The Morgan fingerprint density at radius 1 is 1.26 bits per heavy atom. The first kappa shape index (κ1) is 13.4. The summed E-state index contributed by atoms with van der Waals surface area (Å²) in [5.41, 5.74) is 1.42. The van der Waals surface area contributed by atoms with Gasteiger partial charge in [-0.05, 0) is 29.8 Å². The topological polar surface area (TPSA) is 59.1 Å². The molecule has 4 nitrogen and oxygen atoms in total. The van der Waals surface area contributed by atoms with E-state index in [0.29, 0.717) is 17.1 Å². The van der Waals surface area contributed by atoms with Crippen molar-refractivity contribution >= 4 is 22.5 Å². The number of benzene rings is 1. The van der Waals surface area contributed by atoms with Crippen LogP contribution in [-0.4, -0.2) is 21.4 Å².